The first kappa shape index (κ1) is 14.5. The van der Waals surface area contributed by atoms with Gasteiger partial charge in [-0.15, -0.1) is 0 Å². The van der Waals surface area contributed by atoms with Crippen LogP contribution in [0.4, 0.5) is 10.5 Å². The van der Waals surface area contributed by atoms with Crippen LogP contribution in [-0.4, -0.2) is 11.0 Å². The van der Waals surface area contributed by atoms with E-state index in [2.05, 4.69) is 5.32 Å². The van der Waals surface area contributed by atoms with E-state index in [0.29, 0.717) is 5.56 Å². The first-order valence-corrected chi connectivity index (χ1v) is 6.33. The summed E-state index contributed by atoms with van der Waals surface area (Å²) < 4.78 is 5.04. The first-order valence-electron chi connectivity index (χ1n) is 6.33. The van der Waals surface area contributed by atoms with Gasteiger partial charge in [-0.25, -0.2) is 4.79 Å². The second-order valence-electron chi connectivity index (χ2n) is 4.34. The summed E-state index contributed by atoms with van der Waals surface area (Å²) in [6, 6.07) is 15.4. The van der Waals surface area contributed by atoms with Gasteiger partial charge in [0.25, 0.3) is 5.69 Å². The van der Waals surface area contributed by atoms with Crippen molar-refractivity contribution in [2.75, 3.05) is 0 Å². The summed E-state index contributed by atoms with van der Waals surface area (Å²) in [5.74, 6) is 0. The summed E-state index contributed by atoms with van der Waals surface area (Å²) in [7, 11) is 0. The van der Waals surface area contributed by atoms with Gasteiger partial charge in [0.1, 0.15) is 6.61 Å². The summed E-state index contributed by atoms with van der Waals surface area (Å²) in [6.07, 6.45) is -0.564. The fraction of sp³-hybridized carbons (Fsp3) is 0.133. The van der Waals surface area contributed by atoms with Crippen LogP contribution >= 0.6 is 0 Å². The highest BCUT2D eigenvalue weighted by Crippen LogP contribution is 2.12. The molecule has 0 bridgehead atoms. The molecular weight excluding hydrogens is 272 g/mol. The number of rotatable bonds is 5. The second kappa shape index (κ2) is 7.04. The number of nitrogens with one attached hydrogen (secondary N) is 1. The van der Waals surface area contributed by atoms with Crippen LogP contribution in [0.1, 0.15) is 11.1 Å². The van der Waals surface area contributed by atoms with E-state index >= 15 is 0 Å². The van der Waals surface area contributed by atoms with E-state index in [1.54, 1.807) is 12.1 Å². The van der Waals surface area contributed by atoms with Gasteiger partial charge < -0.3 is 10.1 Å². The third kappa shape index (κ3) is 4.61. The largest absolute Gasteiger partial charge is 0.445 e. The zero-order chi connectivity index (χ0) is 15.1. The molecule has 0 radical (unpaired) electrons. The number of nitrogens with zero attached hydrogens (tertiary/aromatic N) is 1. The molecule has 108 valence electrons. The van der Waals surface area contributed by atoms with Gasteiger partial charge in [0.15, 0.2) is 0 Å². The molecule has 6 heteroatoms. The minimum atomic E-state index is -0.564. The van der Waals surface area contributed by atoms with Crippen LogP contribution in [0.5, 0.6) is 0 Å². The molecule has 0 atom stereocenters. The Morgan fingerprint density at radius 3 is 2.52 bits per heavy atom. The minimum absolute atomic E-state index is 0.00745. The van der Waals surface area contributed by atoms with Crippen LogP contribution in [0.2, 0.25) is 0 Å². The third-order valence-corrected chi connectivity index (χ3v) is 2.77. The van der Waals surface area contributed by atoms with Crippen molar-refractivity contribution in [2.45, 2.75) is 13.2 Å². The van der Waals surface area contributed by atoms with Gasteiger partial charge in [0, 0.05) is 18.7 Å². The average Bonchev–Trinajstić information content (AvgIpc) is 2.52. The van der Waals surface area contributed by atoms with Crippen LogP contribution in [0.25, 0.3) is 0 Å². The van der Waals surface area contributed by atoms with Crippen molar-refractivity contribution >= 4 is 11.8 Å². The number of alkyl carbamates (subject to hydrolysis) is 1. The van der Waals surface area contributed by atoms with E-state index in [-0.39, 0.29) is 18.8 Å². The molecule has 0 aliphatic carbocycles. The topological polar surface area (TPSA) is 81.5 Å². The number of carbonyl (C=O) groups is 1. The Morgan fingerprint density at radius 2 is 1.81 bits per heavy atom. The smallest absolute Gasteiger partial charge is 0.407 e. The second-order valence-corrected chi connectivity index (χ2v) is 4.34. The third-order valence-electron chi connectivity index (χ3n) is 2.77. The lowest BCUT2D eigenvalue weighted by Gasteiger charge is -2.07. The number of nitro benzene ring substituents is 1. The van der Waals surface area contributed by atoms with E-state index in [1.165, 1.54) is 12.1 Å². The fourth-order valence-corrected chi connectivity index (χ4v) is 1.73. The van der Waals surface area contributed by atoms with Crippen molar-refractivity contribution in [1.29, 1.82) is 0 Å². The molecule has 0 aromatic heterocycles. The number of amides is 1. The SMILES string of the molecule is O=C(NCc1cccc([N+](=O)[O-])c1)OCc1ccccc1. The van der Waals surface area contributed by atoms with E-state index in [9.17, 15) is 14.9 Å². The van der Waals surface area contributed by atoms with Gasteiger partial charge in [-0.2, -0.15) is 0 Å². The van der Waals surface area contributed by atoms with Crippen molar-refractivity contribution in [1.82, 2.24) is 5.32 Å². The molecule has 0 saturated heterocycles. The monoisotopic (exact) mass is 286 g/mol. The Kier molecular flexibility index (Phi) is 4.87. The average molecular weight is 286 g/mol. The zero-order valence-corrected chi connectivity index (χ0v) is 11.2. The van der Waals surface area contributed by atoms with Gasteiger partial charge in [0.2, 0.25) is 0 Å². The summed E-state index contributed by atoms with van der Waals surface area (Å²) in [6.45, 7) is 0.358. The Bertz CT molecular complexity index is 629. The van der Waals surface area contributed by atoms with Crippen LogP contribution in [0.3, 0.4) is 0 Å². The molecule has 0 saturated carbocycles. The number of carbonyl (C=O) groups excluding carboxylic acids is 1. The zero-order valence-electron chi connectivity index (χ0n) is 11.2. The molecule has 0 heterocycles. The van der Waals surface area contributed by atoms with E-state index < -0.39 is 11.0 Å². The predicted octanol–water partition coefficient (Wildman–Crippen LogP) is 3.02. The summed E-state index contributed by atoms with van der Waals surface area (Å²) in [4.78, 5) is 21.7. The predicted molar refractivity (Wildman–Crippen MR) is 76.6 cm³/mol. The summed E-state index contributed by atoms with van der Waals surface area (Å²) >= 11 is 0. The number of ether oxygens (including phenoxy) is 1. The Morgan fingerprint density at radius 1 is 1.10 bits per heavy atom. The summed E-state index contributed by atoms with van der Waals surface area (Å²) in [5, 5.41) is 13.2. The first-order chi connectivity index (χ1) is 10.1. The number of non-ortho nitro benzene ring substituents is 1. The van der Waals surface area contributed by atoms with Crippen molar-refractivity contribution in [2.24, 2.45) is 0 Å². The van der Waals surface area contributed by atoms with Crippen LogP contribution in [0.15, 0.2) is 54.6 Å². The number of benzene rings is 2. The van der Waals surface area contributed by atoms with Crippen molar-refractivity contribution < 1.29 is 14.5 Å². The van der Waals surface area contributed by atoms with E-state index in [0.717, 1.165) is 5.56 Å². The lowest BCUT2D eigenvalue weighted by Crippen LogP contribution is -2.23. The van der Waals surface area contributed by atoms with Crippen LogP contribution in [-0.2, 0) is 17.9 Å². The van der Waals surface area contributed by atoms with Crippen molar-refractivity contribution in [3.05, 3.63) is 75.8 Å². The highest BCUT2D eigenvalue weighted by Gasteiger charge is 2.07. The maximum atomic E-state index is 11.5. The molecule has 0 aliphatic rings. The standard InChI is InChI=1S/C15H14N2O4/c18-15(21-11-12-5-2-1-3-6-12)16-10-13-7-4-8-14(9-13)17(19)20/h1-9H,10-11H2,(H,16,18). The normalized spacial score (nSPS) is 9.90. The highest BCUT2D eigenvalue weighted by atomic mass is 16.6. The molecule has 2 rings (SSSR count). The lowest BCUT2D eigenvalue weighted by atomic mass is 10.2. The molecule has 0 spiro atoms. The Hall–Kier alpha value is -2.89. The molecule has 2 aromatic carbocycles. The Labute approximate surface area is 121 Å². The van der Waals surface area contributed by atoms with Gasteiger partial charge in [-0.3, -0.25) is 10.1 Å². The Balaban J connectivity index is 1.81. The van der Waals surface area contributed by atoms with Crippen molar-refractivity contribution in [3.8, 4) is 0 Å². The van der Waals surface area contributed by atoms with Crippen molar-refractivity contribution in [3.63, 3.8) is 0 Å². The molecule has 0 aliphatic heterocycles. The van der Waals surface area contributed by atoms with Gasteiger partial charge in [0.05, 0.1) is 4.92 Å². The number of nitro groups is 1. The maximum Gasteiger partial charge on any atom is 0.407 e. The number of hydrogen-bond donors (Lipinski definition) is 1. The van der Waals surface area contributed by atoms with E-state index in [4.69, 9.17) is 4.74 Å². The van der Waals surface area contributed by atoms with Gasteiger partial charge >= 0.3 is 6.09 Å². The molecule has 0 fully saturated rings. The molecule has 1 amide bonds. The minimum Gasteiger partial charge on any atom is -0.445 e. The fourth-order valence-electron chi connectivity index (χ4n) is 1.73. The summed E-state index contributed by atoms with van der Waals surface area (Å²) in [5.41, 5.74) is 1.52. The van der Waals surface area contributed by atoms with E-state index in [1.807, 2.05) is 30.3 Å². The molecular formula is C15H14N2O4. The maximum absolute atomic E-state index is 11.5. The quantitative estimate of drug-likeness (QED) is 0.676. The molecule has 0 unspecified atom stereocenters. The molecule has 6 nitrogen and oxygen atoms in total. The molecule has 1 N–H and O–H groups in total. The van der Waals surface area contributed by atoms with Crippen LogP contribution in [0, 0.1) is 10.1 Å². The number of hydrogen-bond acceptors (Lipinski definition) is 4. The lowest BCUT2D eigenvalue weighted by molar-refractivity contribution is -0.384. The molecule has 21 heavy (non-hydrogen) atoms. The van der Waals surface area contributed by atoms with Crippen LogP contribution < -0.4 is 5.32 Å². The van der Waals surface area contributed by atoms with Gasteiger partial charge in [-0.05, 0) is 11.1 Å². The molecule has 2 aromatic rings. The van der Waals surface area contributed by atoms with Gasteiger partial charge in [-0.1, -0.05) is 42.5 Å². The highest BCUT2D eigenvalue weighted by molar-refractivity contribution is 5.67.